The van der Waals surface area contributed by atoms with Crippen molar-refractivity contribution >= 4 is 27.3 Å². The highest BCUT2D eigenvalue weighted by Crippen LogP contribution is 2.27. The lowest BCUT2D eigenvalue weighted by atomic mass is 10.4. The molecule has 106 valence electrons. The van der Waals surface area contributed by atoms with Crippen LogP contribution in [0.4, 0.5) is 0 Å². The van der Waals surface area contributed by atoms with Crippen LogP contribution in [0.5, 0.6) is 0 Å². The van der Waals surface area contributed by atoms with Crippen LogP contribution in [0.15, 0.2) is 16.3 Å². The lowest BCUT2D eigenvalue weighted by molar-refractivity contribution is -0.120. The van der Waals surface area contributed by atoms with E-state index in [0.717, 1.165) is 17.7 Å². The van der Waals surface area contributed by atoms with E-state index in [1.807, 2.05) is 0 Å². The van der Waals surface area contributed by atoms with Gasteiger partial charge in [-0.05, 0) is 25.0 Å². The highest BCUT2D eigenvalue weighted by molar-refractivity contribution is 7.91. The molecular formula is C12H18N2O3S2. The Bertz CT molecular complexity index is 545. The Morgan fingerprint density at radius 2 is 2.05 bits per heavy atom. The van der Waals surface area contributed by atoms with Crippen LogP contribution in [0.1, 0.15) is 31.1 Å². The zero-order valence-corrected chi connectivity index (χ0v) is 12.5. The standard InChI is InChI=1S/C12H18N2O3S2/c1-2-11(15)13-9-10-5-6-12(18-10)19(16,17)14-7-3-4-8-14/h5-6H,2-4,7-9H2,1H3,(H,13,15). The highest BCUT2D eigenvalue weighted by Gasteiger charge is 2.28. The number of thiophene rings is 1. The molecule has 1 fully saturated rings. The number of hydrogen-bond donors (Lipinski definition) is 1. The fraction of sp³-hybridized carbons (Fsp3) is 0.583. The van der Waals surface area contributed by atoms with Crippen molar-refractivity contribution in [1.29, 1.82) is 0 Å². The first-order chi connectivity index (χ1) is 9.04. The van der Waals surface area contributed by atoms with E-state index in [1.54, 1.807) is 19.1 Å². The van der Waals surface area contributed by atoms with Gasteiger partial charge in [0.2, 0.25) is 5.91 Å². The molecule has 1 aliphatic rings. The second-order valence-electron chi connectivity index (χ2n) is 4.46. The molecule has 19 heavy (non-hydrogen) atoms. The Kier molecular flexibility index (Phi) is 4.59. The van der Waals surface area contributed by atoms with Gasteiger partial charge in [0.25, 0.3) is 10.0 Å². The molecule has 0 aliphatic carbocycles. The van der Waals surface area contributed by atoms with Gasteiger partial charge in [0.15, 0.2) is 0 Å². The van der Waals surface area contributed by atoms with Crippen LogP contribution in [0, 0.1) is 0 Å². The molecule has 0 aromatic carbocycles. The van der Waals surface area contributed by atoms with E-state index in [1.165, 1.54) is 15.6 Å². The first-order valence-corrected chi connectivity index (χ1v) is 8.65. The number of rotatable bonds is 5. The maximum Gasteiger partial charge on any atom is 0.252 e. The van der Waals surface area contributed by atoms with Crippen molar-refractivity contribution < 1.29 is 13.2 Å². The summed E-state index contributed by atoms with van der Waals surface area (Å²) in [5.41, 5.74) is 0. The number of carbonyl (C=O) groups is 1. The minimum atomic E-state index is -3.32. The van der Waals surface area contributed by atoms with Crippen LogP contribution >= 0.6 is 11.3 Å². The molecule has 2 heterocycles. The second-order valence-corrected chi connectivity index (χ2v) is 7.80. The Morgan fingerprint density at radius 3 is 2.68 bits per heavy atom. The molecule has 1 saturated heterocycles. The molecule has 0 unspecified atom stereocenters. The Morgan fingerprint density at radius 1 is 1.37 bits per heavy atom. The average molecular weight is 302 g/mol. The summed E-state index contributed by atoms with van der Waals surface area (Å²) in [5.74, 6) is -0.0302. The normalized spacial score (nSPS) is 16.7. The third kappa shape index (κ3) is 3.34. The summed E-state index contributed by atoms with van der Waals surface area (Å²) < 4.78 is 26.5. The largest absolute Gasteiger partial charge is 0.351 e. The topological polar surface area (TPSA) is 66.5 Å². The number of nitrogens with zero attached hydrogens (tertiary/aromatic N) is 1. The van der Waals surface area contributed by atoms with Gasteiger partial charge in [0.05, 0.1) is 6.54 Å². The Balaban J connectivity index is 2.05. The van der Waals surface area contributed by atoms with Crippen molar-refractivity contribution in [1.82, 2.24) is 9.62 Å². The van der Waals surface area contributed by atoms with E-state index in [0.29, 0.717) is 30.3 Å². The molecule has 0 radical (unpaired) electrons. The van der Waals surface area contributed by atoms with Crippen molar-refractivity contribution in [2.24, 2.45) is 0 Å². The van der Waals surface area contributed by atoms with Crippen LogP contribution in [-0.2, 0) is 21.4 Å². The molecule has 0 saturated carbocycles. The third-order valence-corrected chi connectivity index (χ3v) is 6.53. The van der Waals surface area contributed by atoms with E-state index >= 15 is 0 Å². The second kappa shape index (κ2) is 6.02. The first kappa shape index (κ1) is 14.5. The molecule has 0 spiro atoms. The maximum absolute atomic E-state index is 12.3. The van der Waals surface area contributed by atoms with Crippen LogP contribution in [-0.4, -0.2) is 31.7 Å². The predicted molar refractivity (Wildman–Crippen MR) is 74.4 cm³/mol. The van der Waals surface area contributed by atoms with E-state index in [4.69, 9.17) is 0 Å². The minimum absolute atomic E-state index is 0.0302. The lowest BCUT2D eigenvalue weighted by Gasteiger charge is -2.13. The predicted octanol–water partition coefficient (Wildman–Crippen LogP) is 1.56. The van der Waals surface area contributed by atoms with Gasteiger partial charge in [-0.2, -0.15) is 4.31 Å². The fourth-order valence-electron chi connectivity index (χ4n) is 1.96. The van der Waals surface area contributed by atoms with Crippen molar-refractivity contribution in [2.45, 2.75) is 36.9 Å². The Hall–Kier alpha value is -0.920. The van der Waals surface area contributed by atoms with E-state index in [-0.39, 0.29) is 5.91 Å². The molecule has 1 aliphatic heterocycles. The van der Waals surface area contributed by atoms with Gasteiger partial charge in [-0.3, -0.25) is 4.79 Å². The minimum Gasteiger partial charge on any atom is -0.351 e. The monoisotopic (exact) mass is 302 g/mol. The number of sulfonamides is 1. The molecule has 0 bridgehead atoms. The fourth-order valence-corrected chi connectivity index (χ4v) is 4.93. The summed E-state index contributed by atoms with van der Waals surface area (Å²) in [4.78, 5) is 12.0. The molecule has 1 aromatic rings. The molecule has 5 nitrogen and oxygen atoms in total. The van der Waals surface area contributed by atoms with Crippen LogP contribution in [0.25, 0.3) is 0 Å². The van der Waals surface area contributed by atoms with Crippen LogP contribution in [0.3, 0.4) is 0 Å². The molecule has 2 rings (SSSR count). The van der Waals surface area contributed by atoms with E-state index in [2.05, 4.69) is 5.32 Å². The third-order valence-electron chi connectivity index (χ3n) is 3.08. The van der Waals surface area contributed by atoms with Gasteiger partial charge < -0.3 is 5.32 Å². The van der Waals surface area contributed by atoms with Gasteiger partial charge in [0.1, 0.15) is 4.21 Å². The van der Waals surface area contributed by atoms with Gasteiger partial charge in [-0.25, -0.2) is 8.42 Å². The molecule has 7 heteroatoms. The lowest BCUT2D eigenvalue weighted by Crippen LogP contribution is -2.27. The van der Waals surface area contributed by atoms with Crippen molar-refractivity contribution in [2.75, 3.05) is 13.1 Å². The van der Waals surface area contributed by atoms with E-state index < -0.39 is 10.0 Å². The summed E-state index contributed by atoms with van der Waals surface area (Å²) in [6, 6.07) is 3.40. The molecular weight excluding hydrogens is 284 g/mol. The molecule has 1 N–H and O–H groups in total. The zero-order valence-electron chi connectivity index (χ0n) is 10.9. The summed E-state index contributed by atoms with van der Waals surface area (Å²) >= 11 is 1.23. The number of amides is 1. The van der Waals surface area contributed by atoms with Crippen molar-refractivity contribution in [3.8, 4) is 0 Å². The first-order valence-electron chi connectivity index (χ1n) is 6.39. The van der Waals surface area contributed by atoms with Crippen LogP contribution in [0.2, 0.25) is 0 Å². The summed E-state index contributed by atoms with van der Waals surface area (Å²) in [6.45, 7) is 3.41. The summed E-state index contributed by atoms with van der Waals surface area (Å²) in [7, 11) is -3.32. The van der Waals surface area contributed by atoms with E-state index in [9.17, 15) is 13.2 Å². The van der Waals surface area contributed by atoms with Gasteiger partial charge in [-0.1, -0.05) is 6.92 Å². The average Bonchev–Trinajstić information content (AvgIpc) is 3.06. The van der Waals surface area contributed by atoms with Gasteiger partial charge in [-0.15, -0.1) is 11.3 Å². The highest BCUT2D eigenvalue weighted by atomic mass is 32.2. The van der Waals surface area contributed by atoms with Gasteiger partial charge in [0, 0.05) is 24.4 Å². The van der Waals surface area contributed by atoms with Gasteiger partial charge >= 0.3 is 0 Å². The number of nitrogens with one attached hydrogen (secondary N) is 1. The van der Waals surface area contributed by atoms with Crippen LogP contribution < -0.4 is 5.32 Å². The maximum atomic E-state index is 12.3. The molecule has 0 atom stereocenters. The molecule has 1 amide bonds. The number of hydrogen-bond acceptors (Lipinski definition) is 4. The number of carbonyl (C=O) groups excluding carboxylic acids is 1. The van der Waals surface area contributed by atoms with Crippen molar-refractivity contribution in [3.05, 3.63) is 17.0 Å². The van der Waals surface area contributed by atoms with Crippen molar-refractivity contribution in [3.63, 3.8) is 0 Å². The Labute approximate surface area is 117 Å². The smallest absolute Gasteiger partial charge is 0.252 e. The zero-order chi connectivity index (χ0) is 13.9. The quantitative estimate of drug-likeness (QED) is 0.897. The SMILES string of the molecule is CCC(=O)NCc1ccc(S(=O)(=O)N2CCCC2)s1. The summed E-state index contributed by atoms with van der Waals surface area (Å²) in [5, 5.41) is 2.75. The summed E-state index contributed by atoms with van der Waals surface area (Å²) in [6.07, 6.45) is 2.30. The molecule has 1 aromatic heterocycles.